The summed E-state index contributed by atoms with van der Waals surface area (Å²) in [4.78, 5) is 8.81. The van der Waals surface area contributed by atoms with Gasteiger partial charge in [0, 0.05) is 34.9 Å². The summed E-state index contributed by atoms with van der Waals surface area (Å²) in [6.07, 6.45) is 5.52. The Morgan fingerprint density at radius 2 is 1.26 bits per heavy atom. The van der Waals surface area contributed by atoms with Crippen LogP contribution in [-0.2, 0) is 9.31 Å². The molecule has 31 heavy (non-hydrogen) atoms. The van der Waals surface area contributed by atoms with Crippen molar-refractivity contribution in [3.05, 3.63) is 79.3 Å². The second kappa shape index (κ2) is 7.29. The fourth-order valence-corrected chi connectivity index (χ4v) is 3.88. The molecule has 154 valence electrons. The summed E-state index contributed by atoms with van der Waals surface area (Å²) in [7, 11) is -0.339. The van der Waals surface area contributed by atoms with Crippen molar-refractivity contribution in [2.45, 2.75) is 38.9 Å². The van der Waals surface area contributed by atoms with E-state index in [4.69, 9.17) is 9.31 Å². The molecule has 0 radical (unpaired) electrons. The predicted molar refractivity (Wildman–Crippen MR) is 126 cm³/mol. The van der Waals surface area contributed by atoms with E-state index in [1.165, 1.54) is 0 Å². The summed E-state index contributed by atoms with van der Waals surface area (Å²) in [5.74, 6) is 0. The van der Waals surface area contributed by atoms with Crippen LogP contribution in [0.3, 0.4) is 0 Å². The molecule has 0 amide bonds. The molecule has 2 aromatic carbocycles. The Bertz CT molecular complexity index is 1210. The first kappa shape index (κ1) is 19.9. The van der Waals surface area contributed by atoms with Crippen molar-refractivity contribution in [1.29, 1.82) is 0 Å². The van der Waals surface area contributed by atoms with E-state index in [1.54, 1.807) is 0 Å². The first-order chi connectivity index (χ1) is 14.8. The Morgan fingerprint density at radius 3 is 1.90 bits per heavy atom. The van der Waals surface area contributed by atoms with Crippen LogP contribution in [0.4, 0.5) is 0 Å². The van der Waals surface area contributed by atoms with Crippen molar-refractivity contribution in [2.75, 3.05) is 0 Å². The molecule has 0 unspecified atom stereocenters. The number of fused-ring (bicyclic) bond motifs is 1. The molecule has 4 nitrogen and oxygen atoms in total. The molecule has 1 saturated heterocycles. The molecule has 2 aromatic heterocycles. The van der Waals surface area contributed by atoms with Gasteiger partial charge in [0.2, 0.25) is 0 Å². The maximum absolute atomic E-state index is 6.16. The van der Waals surface area contributed by atoms with Crippen LogP contribution in [0.15, 0.2) is 79.3 Å². The van der Waals surface area contributed by atoms with E-state index in [2.05, 4.69) is 86.2 Å². The molecule has 0 N–H and O–H groups in total. The van der Waals surface area contributed by atoms with Crippen molar-refractivity contribution in [3.63, 3.8) is 0 Å². The van der Waals surface area contributed by atoms with Gasteiger partial charge >= 0.3 is 7.12 Å². The lowest BCUT2D eigenvalue weighted by Gasteiger charge is -2.32. The smallest absolute Gasteiger partial charge is 0.399 e. The van der Waals surface area contributed by atoms with Crippen LogP contribution in [0.1, 0.15) is 27.7 Å². The van der Waals surface area contributed by atoms with Crippen LogP contribution in [-0.4, -0.2) is 28.3 Å². The molecule has 0 atom stereocenters. The molecule has 1 aliphatic heterocycles. The molecule has 3 heterocycles. The standard InChI is InChI=1S/C26H25BN2O2/c1-25(2)26(3,4)31-27(30-25)22-11-9-19(10-12-22)18-5-7-20(8-6-18)24-23-14-15-28-17-21(23)13-16-29-24/h5-17H,1-4H3. The minimum Gasteiger partial charge on any atom is -0.399 e. The van der Waals surface area contributed by atoms with E-state index in [1.807, 2.05) is 30.7 Å². The largest absolute Gasteiger partial charge is 0.494 e. The van der Waals surface area contributed by atoms with Gasteiger partial charge in [-0.1, -0.05) is 48.5 Å². The van der Waals surface area contributed by atoms with Crippen molar-refractivity contribution in [2.24, 2.45) is 0 Å². The van der Waals surface area contributed by atoms with Crippen LogP contribution < -0.4 is 5.46 Å². The highest BCUT2D eigenvalue weighted by Crippen LogP contribution is 2.36. The molecule has 5 rings (SSSR count). The minimum atomic E-state index is -0.339. The van der Waals surface area contributed by atoms with Gasteiger partial charge in [-0.3, -0.25) is 9.97 Å². The van der Waals surface area contributed by atoms with Gasteiger partial charge in [-0.05, 0) is 56.4 Å². The van der Waals surface area contributed by atoms with Gasteiger partial charge in [0.15, 0.2) is 0 Å². The van der Waals surface area contributed by atoms with E-state index in [-0.39, 0.29) is 18.3 Å². The maximum Gasteiger partial charge on any atom is 0.494 e. The molecule has 5 heteroatoms. The van der Waals surface area contributed by atoms with Gasteiger partial charge in [-0.2, -0.15) is 0 Å². The average molecular weight is 408 g/mol. The summed E-state index contributed by atoms with van der Waals surface area (Å²) >= 11 is 0. The van der Waals surface area contributed by atoms with Crippen molar-refractivity contribution in [3.8, 4) is 22.4 Å². The molecule has 4 aromatic rings. The first-order valence-electron chi connectivity index (χ1n) is 10.6. The lowest BCUT2D eigenvalue weighted by Crippen LogP contribution is -2.41. The highest BCUT2D eigenvalue weighted by Gasteiger charge is 2.51. The van der Waals surface area contributed by atoms with E-state index in [0.717, 1.165) is 38.6 Å². The molecule has 1 fully saturated rings. The minimum absolute atomic E-state index is 0.335. The molecule has 1 aliphatic rings. The van der Waals surface area contributed by atoms with Crippen molar-refractivity contribution >= 4 is 23.4 Å². The maximum atomic E-state index is 6.16. The second-order valence-electron chi connectivity index (χ2n) is 9.04. The molecule has 0 aliphatic carbocycles. The number of rotatable bonds is 3. The Morgan fingerprint density at radius 1 is 0.677 bits per heavy atom. The highest BCUT2D eigenvalue weighted by atomic mass is 16.7. The summed E-state index contributed by atoms with van der Waals surface area (Å²) < 4.78 is 12.3. The number of pyridine rings is 2. The Labute approximate surface area is 183 Å². The zero-order valence-corrected chi connectivity index (χ0v) is 18.3. The Hall–Kier alpha value is -3.02. The number of nitrogens with zero attached hydrogens (tertiary/aromatic N) is 2. The predicted octanol–water partition coefficient (Wildman–Crippen LogP) is 5.26. The Balaban J connectivity index is 1.39. The van der Waals surface area contributed by atoms with E-state index in [9.17, 15) is 0 Å². The van der Waals surface area contributed by atoms with E-state index < -0.39 is 0 Å². The summed E-state index contributed by atoms with van der Waals surface area (Å²) in [6.45, 7) is 8.29. The zero-order valence-electron chi connectivity index (χ0n) is 18.3. The van der Waals surface area contributed by atoms with E-state index in [0.29, 0.717) is 0 Å². The third-order valence-electron chi connectivity index (χ3n) is 6.49. The molecule has 0 bridgehead atoms. The third kappa shape index (κ3) is 3.54. The highest BCUT2D eigenvalue weighted by molar-refractivity contribution is 6.62. The molecular formula is C26H25BN2O2. The molecule has 0 spiro atoms. The van der Waals surface area contributed by atoms with Gasteiger partial charge in [0.25, 0.3) is 0 Å². The SMILES string of the molecule is CC1(C)OB(c2ccc(-c3ccc(-c4nccc5cnccc45)cc3)cc2)OC1(C)C. The average Bonchev–Trinajstić information content (AvgIpc) is 3.00. The van der Waals surface area contributed by atoms with Crippen molar-refractivity contribution < 1.29 is 9.31 Å². The van der Waals surface area contributed by atoms with Gasteiger partial charge in [0.1, 0.15) is 0 Å². The fourth-order valence-electron chi connectivity index (χ4n) is 3.88. The van der Waals surface area contributed by atoms with Crippen LogP contribution in [0.2, 0.25) is 0 Å². The normalized spacial score (nSPS) is 17.2. The van der Waals surface area contributed by atoms with Crippen LogP contribution >= 0.6 is 0 Å². The monoisotopic (exact) mass is 408 g/mol. The number of benzene rings is 2. The second-order valence-corrected chi connectivity index (χ2v) is 9.04. The molecule has 0 saturated carbocycles. The van der Waals surface area contributed by atoms with E-state index >= 15 is 0 Å². The van der Waals surface area contributed by atoms with Gasteiger partial charge in [-0.25, -0.2) is 0 Å². The lowest BCUT2D eigenvalue weighted by molar-refractivity contribution is 0.00578. The Kier molecular flexibility index (Phi) is 4.69. The number of hydrogen-bond acceptors (Lipinski definition) is 4. The lowest BCUT2D eigenvalue weighted by atomic mass is 9.78. The molecular weight excluding hydrogens is 383 g/mol. The summed E-state index contributed by atoms with van der Waals surface area (Å²) in [5, 5.41) is 2.20. The van der Waals surface area contributed by atoms with Crippen molar-refractivity contribution in [1.82, 2.24) is 9.97 Å². The first-order valence-corrected chi connectivity index (χ1v) is 10.6. The topological polar surface area (TPSA) is 44.2 Å². The van der Waals surface area contributed by atoms with Gasteiger partial charge in [-0.15, -0.1) is 0 Å². The van der Waals surface area contributed by atoms with Crippen LogP contribution in [0, 0.1) is 0 Å². The quantitative estimate of drug-likeness (QED) is 0.434. The fraction of sp³-hybridized carbons (Fsp3) is 0.231. The summed E-state index contributed by atoms with van der Waals surface area (Å²) in [5.41, 5.74) is 4.74. The van der Waals surface area contributed by atoms with Crippen LogP contribution in [0.5, 0.6) is 0 Å². The number of hydrogen-bond donors (Lipinski definition) is 0. The number of aromatic nitrogens is 2. The third-order valence-corrected chi connectivity index (χ3v) is 6.49. The summed E-state index contributed by atoms with van der Waals surface area (Å²) in [6, 6.07) is 21.0. The van der Waals surface area contributed by atoms with Gasteiger partial charge in [0.05, 0.1) is 16.9 Å². The van der Waals surface area contributed by atoms with Gasteiger partial charge < -0.3 is 9.31 Å². The zero-order chi connectivity index (χ0) is 21.6. The van der Waals surface area contributed by atoms with Crippen LogP contribution in [0.25, 0.3) is 33.2 Å².